The molecule has 18 heavy (non-hydrogen) atoms. The van der Waals surface area contributed by atoms with Crippen molar-refractivity contribution in [1.82, 2.24) is 9.36 Å². The monoisotopic (exact) mass is 244 g/mol. The number of hydrogen-bond donors (Lipinski definition) is 0. The zero-order valence-corrected chi connectivity index (χ0v) is 11.5. The van der Waals surface area contributed by atoms with Crippen molar-refractivity contribution in [2.45, 2.75) is 27.2 Å². The van der Waals surface area contributed by atoms with E-state index in [1.165, 1.54) is 0 Å². The van der Waals surface area contributed by atoms with Gasteiger partial charge >= 0.3 is 0 Å². The summed E-state index contributed by atoms with van der Waals surface area (Å²) in [4.78, 5) is 12.5. The van der Waals surface area contributed by atoms with Crippen LogP contribution in [0.2, 0.25) is 0 Å². The molecular formula is C15H20N2O. The van der Waals surface area contributed by atoms with Crippen LogP contribution >= 0.6 is 0 Å². The van der Waals surface area contributed by atoms with Crippen LogP contribution in [0.4, 0.5) is 0 Å². The Kier molecular flexibility index (Phi) is 3.41. The van der Waals surface area contributed by atoms with Gasteiger partial charge in [-0.3, -0.25) is 9.48 Å². The average Bonchev–Trinajstić information content (AvgIpc) is 2.54. The molecule has 0 spiro atoms. The third-order valence-electron chi connectivity index (χ3n) is 3.29. The highest BCUT2D eigenvalue weighted by Crippen LogP contribution is 2.13. The van der Waals surface area contributed by atoms with Gasteiger partial charge in [0, 0.05) is 18.3 Å². The van der Waals surface area contributed by atoms with E-state index < -0.39 is 0 Å². The van der Waals surface area contributed by atoms with Crippen molar-refractivity contribution >= 4 is 0 Å². The van der Waals surface area contributed by atoms with Crippen LogP contribution < -0.4 is 5.56 Å². The molecule has 0 saturated carbocycles. The molecule has 0 aliphatic heterocycles. The predicted octanol–water partition coefficient (Wildman–Crippen LogP) is 2.68. The topological polar surface area (TPSA) is 26.9 Å². The molecular weight excluding hydrogens is 224 g/mol. The summed E-state index contributed by atoms with van der Waals surface area (Å²) in [6.45, 7) is 6.29. The van der Waals surface area contributed by atoms with Crippen LogP contribution in [0, 0.1) is 12.8 Å². The van der Waals surface area contributed by atoms with E-state index in [4.69, 9.17) is 0 Å². The number of aromatic nitrogens is 2. The van der Waals surface area contributed by atoms with Crippen LogP contribution in [-0.4, -0.2) is 9.36 Å². The van der Waals surface area contributed by atoms with E-state index in [9.17, 15) is 4.79 Å². The highest BCUT2D eigenvalue weighted by Gasteiger charge is 2.16. The van der Waals surface area contributed by atoms with E-state index in [0.717, 1.165) is 23.4 Å². The SMILES string of the molecule is Cc1c(CC(C)C)c(=O)n(-c2ccccc2)n1C. The molecule has 3 heteroatoms. The fraction of sp³-hybridized carbons (Fsp3) is 0.400. The van der Waals surface area contributed by atoms with Crippen molar-refractivity contribution in [3.05, 3.63) is 51.9 Å². The lowest BCUT2D eigenvalue weighted by Gasteiger charge is -2.07. The first kappa shape index (κ1) is 12.7. The summed E-state index contributed by atoms with van der Waals surface area (Å²) in [5, 5.41) is 0. The van der Waals surface area contributed by atoms with Gasteiger partial charge < -0.3 is 0 Å². The molecule has 1 heterocycles. The maximum atomic E-state index is 12.5. The molecule has 2 aromatic rings. The van der Waals surface area contributed by atoms with Gasteiger partial charge in [-0.05, 0) is 31.4 Å². The molecule has 0 aliphatic carbocycles. The molecule has 0 fully saturated rings. The van der Waals surface area contributed by atoms with Gasteiger partial charge in [0.15, 0.2) is 0 Å². The number of benzene rings is 1. The zero-order chi connectivity index (χ0) is 13.3. The lowest BCUT2D eigenvalue weighted by atomic mass is 10.0. The molecule has 2 rings (SSSR count). The predicted molar refractivity (Wildman–Crippen MR) is 74.3 cm³/mol. The second kappa shape index (κ2) is 4.84. The summed E-state index contributed by atoms with van der Waals surface area (Å²) < 4.78 is 3.68. The third-order valence-corrected chi connectivity index (χ3v) is 3.29. The van der Waals surface area contributed by atoms with Crippen molar-refractivity contribution < 1.29 is 0 Å². The van der Waals surface area contributed by atoms with Gasteiger partial charge in [0.1, 0.15) is 0 Å². The fourth-order valence-corrected chi connectivity index (χ4v) is 2.27. The van der Waals surface area contributed by atoms with Gasteiger partial charge in [0.25, 0.3) is 5.56 Å². The van der Waals surface area contributed by atoms with Crippen LogP contribution in [-0.2, 0) is 13.5 Å². The molecule has 0 radical (unpaired) electrons. The standard InChI is InChI=1S/C15H20N2O/c1-11(2)10-14-12(3)16(4)17(15(14)18)13-8-6-5-7-9-13/h5-9,11H,10H2,1-4H3. The molecule has 0 N–H and O–H groups in total. The van der Waals surface area contributed by atoms with Gasteiger partial charge in [-0.2, -0.15) is 0 Å². The smallest absolute Gasteiger partial charge is 0.274 e. The van der Waals surface area contributed by atoms with Crippen LogP contribution in [0.15, 0.2) is 35.1 Å². The highest BCUT2D eigenvalue weighted by atomic mass is 16.1. The molecule has 0 saturated heterocycles. The Morgan fingerprint density at radius 1 is 1.17 bits per heavy atom. The largest absolute Gasteiger partial charge is 0.285 e. The molecule has 1 aromatic heterocycles. The van der Waals surface area contributed by atoms with Gasteiger partial charge in [0.2, 0.25) is 0 Å². The minimum atomic E-state index is 0.106. The fourth-order valence-electron chi connectivity index (χ4n) is 2.27. The highest BCUT2D eigenvalue weighted by molar-refractivity contribution is 5.33. The first-order valence-corrected chi connectivity index (χ1v) is 6.35. The first-order valence-electron chi connectivity index (χ1n) is 6.35. The van der Waals surface area contributed by atoms with Crippen LogP contribution in [0.1, 0.15) is 25.1 Å². The minimum absolute atomic E-state index is 0.106. The number of nitrogens with zero attached hydrogens (tertiary/aromatic N) is 2. The number of para-hydroxylation sites is 1. The van der Waals surface area contributed by atoms with Crippen molar-refractivity contribution in [2.24, 2.45) is 13.0 Å². The second-order valence-corrected chi connectivity index (χ2v) is 5.14. The summed E-state index contributed by atoms with van der Waals surface area (Å²) in [7, 11) is 1.94. The molecule has 0 unspecified atom stereocenters. The molecule has 1 aromatic carbocycles. The van der Waals surface area contributed by atoms with Gasteiger partial charge in [0.05, 0.1) is 5.69 Å². The Morgan fingerprint density at radius 3 is 2.33 bits per heavy atom. The Hall–Kier alpha value is -1.77. The molecule has 0 bridgehead atoms. The quantitative estimate of drug-likeness (QED) is 0.815. The summed E-state index contributed by atoms with van der Waals surface area (Å²) in [6, 6.07) is 9.78. The van der Waals surface area contributed by atoms with E-state index in [1.54, 1.807) is 4.68 Å². The average molecular weight is 244 g/mol. The second-order valence-electron chi connectivity index (χ2n) is 5.14. The van der Waals surface area contributed by atoms with Crippen molar-refractivity contribution in [2.75, 3.05) is 0 Å². The maximum absolute atomic E-state index is 12.5. The van der Waals surface area contributed by atoms with E-state index in [2.05, 4.69) is 13.8 Å². The summed E-state index contributed by atoms with van der Waals surface area (Å²) in [5.41, 5.74) is 3.01. The van der Waals surface area contributed by atoms with E-state index in [1.807, 2.05) is 49.0 Å². The Balaban J connectivity index is 2.60. The van der Waals surface area contributed by atoms with Gasteiger partial charge in [-0.1, -0.05) is 32.0 Å². The minimum Gasteiger partial charge on any atom is -0.285 e. The normalized spacial score (nSPS) is 11.2. The Morgan fingerprint density at radius 2 is 1.78 bits per heavy atom. The molecule has 0 amide bonds. The third kappa shape index (κ3) is 2.13. The lowest BCUT2D eigenvalue weighted by molar-refractivity contribution is 0.629. The van der Waals surface area contributed by atoms with Gasteiger partial charge in [-0.25, -0.2) is 4.68 Å². The molecule has 96 valence electrons. The lowest BCUT2D eigenvalue weighted by Crippen LogP contribution is -2.21. The summed E-state index contributed by atoms with van der Waals surface area (Å²) in [5.74, 6) is 0.489. The zero-order valence-electron chi connectivity index (χ0n) is 11.5. The van der Waals surface area contributed by atoms with E-state index in [0.29, 0.717) is 5.92 Å². The molecule has 0 aliphatic rings. The Labute approximate surface area is 108 Å². The summed E-state index contributed by atoms with van der Waals surface area (Å²) >= 11 is 0. The number of rotatable bonds is 3. The maximum Gasteiger partial charge on any atom is 0.274 e. The number of hydrogen-bond acceptors (Lipinski definition) is 1. The molecule has 0 atom stereocenters. The van der Waals surface area contributed by atoms with Crippen molar-refractivity contribution in [3.8, 4) is 5.69 Å². The van der Waals surface area contributed by atoms with Crippen LogP contribution in [0.5, 0.6) is 0 Å². The van der Waals surface area contributed by atoms with Crippen molar-refractivity contribution in [3.63, 3.8) is 0 Å². The first-order chi connectivity index (χ1) is 8.52. The van der Waals surface area contributed by atoms with Gasteiger partial charge in [-0.15, -0.1) is 0 Å². The van der Waals surface area contributed by atoms with Crippen molar-refractivity contribution in [1.29, 1.82) is 0 Å². The molecule has 3 nitrogen and oxygen atoms in total. The van der Waals surface area contributed by atoms with E-state index >= 15 is 0 Å². The van der Waals surface area contributed by atoms with E-state index in [-0.39, 0.29) is 5.56 Å². The Bertz CT molecular complexity index is 591. The summed E-state index contributed by atoms with van der Waals surface area (Å²) in [6.07, 6.45) is 0.832. The van der Waals surface area contributed by atoms with Crippen LogP contribution in [0.25, 0.3) is 5.69 Å². The van der Waals surface area contributed by atoms with Crippen LogP contribution in [0.3, 0.4) is 0 Å².